The monoisotopic (exact) mass is 609 g/mol. The number of hydrogen-bond donors (Lipinski definition) is 1. The zero-order valence-electron chi connectivity index (χ0n) is 25.0. The molecular weight excluding hydrogens is 570 g/mol. The predicted molar refractivity (Wildman–Crippen MR) is 164 cm³/mol. The van der Waals surface area contributed by atoms with Gasteiger partial charge in [0.25, 0.3) is 10.0 Å². The normalized spacial score (nSPS) is 14.0. The van der Waals surface area contributed by atoms with Crippen molar-refractivity contribution in [1.29, 1.82) is 0 Å². The van der Waals surface area contributed by atoms with Gasteiger partial charge >= 0.3 is 0 Å². The molecule has 0 saturated heterocycles. The average molecular weight is 610 g/mol. The zero-order valence-corrected chi connectivity index (χ0v) is 25.8. The van der Waals surface area contributed by atoms with Crippen LogP contribution in [0.3, 0.4) is 0 Å². The first-order valence-electron chi connectivity index (χ1n) is 14.2. The highest BCUT2D eigenvalue weighted by molar-refractivity contribution is 7.92. The van der Waals surface area contributed by atoms with Crippen molar-refractivity contribution in [3.05, 3.63) is 78.4 Å². The lowest BCUT2D eigenvalue weighted by Crippen LogP contribution is -2.52. The van der Waals surface area contributed by atoms with Crippen LogP contribution in [0, 0.1) is 0 Å². The van der Waals surface area contributed by atoms with Crippen LogP contribution in [0.5, 0.6) is 17.2 Å². The third-order valence-electron chi connectivity index (χ3n) is 7.65. The molecule has 0 heterocycles. The molecule has 2 amide bonds. The zero-order chi connectivity index (χ0) is 31.0. The Labute approximate surface area is 253 Å². The second-order valence-electron chi connectivity index (χ2n) is 10.4. The van der Waals surface area contributed by atoms with E-state index in [1.807, 2.05) is 12.1 Å². The summed E-state index contributed by atoms with van der Waals surface area (Å²) in [7, 11) is 0.294. The van der Waals surface area contributed by atoms with E-state index in [4.69, 9.17) is 14.2 Å². The molecule has 1 fully saturated rings. The molecule has 1 atom stereocenters. The van der Waals surface area contributed by atoms with Crippen LogP contribution >= 0.6 is 0 Å². The highest BCUT2D eigenvalue weighted by Gasteiger charge is 2.33. The first-order valence-corrected chi connectivity index (χ1v) is 15.6. The topological polar surface area (TPSA) is 114 Å². The Morgan fingerprint density at radius 3 is 2.14 bits per heavy atom. The van der Waals surface area contributed by atoms with Crippen LogP contribution in [-0.2, 0) is 26.2 Å². The maximum absolute atomic E-state index is 14.2. The lowest BCUT2D eigenvalue weighted by atomic mass is 10.1. The van der Waals surface area contributed by atoms with Gasteiger partial charge in [-0.05, 0) is 61.7 Å². The Kier molecular flexibility index (Phi) is 10.5. The first-order chi connectivity index (χ1) is 20.7. The SMILES string of the molecule is COc1ccc(CN(C(=O)CN(c2ccc(OC)c(OC)c2)S(=O)(=O)c2ccccc2)[C@H](C)C(=O)NC2CCCC2)cc1. The number of methoxy groups -OCH3 is 3. The van der Waals surface area contributed by atoms with Crippen molar-refractivity contribution in [2.75, 3.05) is 32.2 Å². The van der Waals surface area contributed by atoms with Crippen molar-refractivity contribution in [3.63, 3.8) is 0 Å². The number of rotatable bonds is 13. The van der Waals surface area contributed by atoms with E-state index in [-0.39, 0.29) is 29.1 Å². The quantitative estimate of drug-likeness (QED) is 0.306. The van der Waals surface area contributed by atoms with E-state index in [9.17, 15) is 18.0 Å². The molecule has 0 aliphatic heterocycles. The van der Waals surface area contributed by atoms with Gasteiger partial charge in [-0.3, -0.25) is 13.9 Å². The van der Waals surface area contributed by atoms with Crippen molar-refractivity contribution in [1.82, 2.24) is 10.2 Å². The molecule has 3 aromatic carbocycles. The van der Waals surface area contributed by atoms with E-state index in [1.54, 1.807) is 56.5 Å². The van der Waals surface area contributed by atoms with Crippen LogP contribution < -0.4 is 23.8 Å². The van der Waals surface area contributed by atoms with Gasteiger partial charge in [-0.15, -0.1) is 0 Å². The molecule has 1 N–H and O–H groups in total. The van der Waals surface area contributed by atoms with Crippen LogP contribution in [0.4, 0.5) is 5.69 Å². The van der Waals surface area contributed by atoms with E-state index in [2.05, 4.69) is 5.32 Å². The summed E-state index contributed by atoms with van der Waals surface area (Å²) in [5, 5.41) is 3.07. The van der Waals surface area contributed by atoms with Crippen molar-refractivity contribution in [2.24, 2.45) is 0 Å². The summed E-state index contributed by atoms with van der Waals surface area (Å²) in [6, 6.07) is 18.9. The molecule has 0 radical (unpaired) electrons. The molecule has 11 heteroatoms. The number of hydrogen-bond acceptors (Lipinski definition) is 7. The molecule has 1 aliphatic rings. The third-order valence-corrected chi connectivity index (χ3v) is 9.43. The molecule has 4 rings (SSSR count). The van der Waals surface area contributed by atoms with E-state index < -0.39 is 28.5 Å². The summed E-state index contributed by atoms with van der Waals surface area (Å²) in [5.74, 6) is 0.548. The fourth-order valence-electron chi connectivity index (χ4n) is 5.13. The van der Waals surface area contributed by atoms with Gasteiger partial charge in [0.2, 0.25) is 11.8 Å². The van der Waals surface area contributed by atoms with Gasteiger partial charge in [-0.2, -0.15) is 0 Å². The molecular formula is C32H39N3O7S. The van der Waals surface area contributed by atoms with Gasteiger partial charge in [0.05, 0.1) is 31.9 Å². The minimum atomic E-state index is -4.20. The molecule has 10 nitrogen and oxygen atoms in total. The molecule has 3 aromatic rings. The van der Waals surface area contributed by atoms with Crippen molar-refractivity contribution >= 4 is 27.5 Å². The predicted octanol–water partition coefficient (Wildman–Crippen LogP) is 4.38. The van der Waals surface area contributed by atoms with Gasteiger partial charge in [0, 0.05) is 18.7 Å². The Balaban J connectivity index is 1.71. The molecule has 1 aliphatic carbocycles. The first kappa shape index (κ1) is 31.7. The Morgan fingerprint density at radius 1 is 0.884 bits per heavy atom. The number of nitrogens with one attached hydrogen (secondary N) is 1. The van der Waals surface area contributed by atoms with E-state index in [1.165, 1.54) is 37.3 Å². The Morgan fingerprint density at radius 2 is 1.53 bits per heavy atom. The molecule has 230 valence electrons. The molecule has 1 saturated carbocycles. The number of benzene rings is 3. The third kappa shape index (κ3) is 7.59. The second kappa shape index (κ2) is 14.3. The van der Waals surface area contributed by atoms with Gasteiger partial charge in [-0.1, -0.05) is 43.2 Å². The van der Waals surface area contributed by atoms with E-state index in [0.717, 1.165) is 35.6 Å². The summed E-state index contributed by atoms with van der Waals surface area (Å²) in [4.78, 5) is 29.0. The van der Waals surface area contributed by atoms with Crippen LogP contribution in [0.2, 0.25) is 0 Å². The Hall–Kier alpha value is -4.25. The molecule has 0 bridgehead atoms. The van der Waals surface area contributed by atoms with Crippen molar-refractivity contribution < 1.29 is 32.2 Å². The summed E-state index contributed by atoms with van der Waals surface area (Å²) < 4.78 is 45.1. The lowest BCUT2D eigenvalue weighted by molar-refractivity contribution is -0.139. The van der Waals surface area contributed by atoms with Gasteiger partial charge in [0.15, 0.2) is 11.5 Å². The largest absolute Gasteiger partial charge is 0.497 e. The standard InChI is InChI=1S/C32H39N3O7S/c1-23(32(37)33-25-10-8-9-11-25)34(21-24-14-17-27(40-2)18-15-24)31(36)22-35(43(38,39)28-12-6-5-7-13-28)26-16-19-29(41-3)30(20-26)42-4/h5-7,12-20,23,25H,8-11,21-22H2,1-4H3,(H,33,37)/t23-/m1/s1. The number of sulfonamides is 1. The highest BCUT2D eigenvalue weighted by atomic mass is 32.2. The maximum atomic E-state index is 14.2. The van der Waals surface area contributed by atoms with Crippen LogP contribution in [-0.4, -0.2) is 65.1 Å². The second-order valence-corrected chi connectivity index (χ2v) is 12.3. The van der Waals surface area contributed by atoms with Gasteiger partial charge in [0.1, 0.15) is 18.3 Å². The van der Waals surface area contributed by atoms with Crippen LogP contribution in [0.25, 0.3) is 0 Å². The lowest BCUT2D eigenvalue weighted by Gasteiger charge is -2.32. The van der Waals surface area contributed by atoms with Crippen LogP contribution in [0.15, 0.2) is 77.7 Å². The molecule has 43 heavy (non-hydrogen) atoms. The summed E-state index contributed by atoms with van der Waals surface area (Å²) in [5.41, 5.74) is 0.973. The van der Waals surface area contributed by atoms with Crippen LogP contribution in [0.1, 0.15) is 38.2 Å². The molecule has 0 spiro atoms. The molecule has 0 unspecified atom stereocenters. The highest BCUT2D eigenvalue weighted by Crippen LogP contribution is 2.34. The number of amides is 2. The average Bonchev–Trinajstić information content (AvgIpc) is 3.55. The van der Waals surface area contributed by atoms with Crippen molar-refractivity contribution in [2.45, 2.75) is 56.1 Å². The fraction of sp³-hybridized carbons (Fsp3) is 0.375. The minimum absolute atomic E-state index is 0.0197. The smallest absolute Gasteiger partial charge is 0.264 e. The number of carbonyl (C=O) groups is 2. The number of ether oxygens (including phenoxy) is 3. The molecule has 0 aromatic heterocycles. The number of nitrogens with zero attached hydrogens (tertiary/aromatic N) is 2. The Bertz CT molecular complexity index is 1490. The van der Waals surface area contributed by atoms with Gasteiger partial charge in [-0.25, -0.2) is 8.42 Å². The fourth-order valence-corrected chi connectivity index (χ4v) is 6.56. The van der Waals surface area contributed by atoms with Crippen molar-refractivity contribution in [3.8, 4) is 17.2 Å². The van der Waals surface area contributed by atoms with E-state index in [0.29, 0.717) is 17.2 Å². The number of carbonyl (C=O) groups excluding carboxylic acids is 2. The number of anilines is 1. The summed E-state index contributed by atoms with van der Waals surface area (Å²) in [6.07, 6.45) is 3.89. The summed E-state index contributed by atoms with van der Waals surface area (Å²) >= 11 is 0. The van der Waals surface area contributed by atoms with Gasteiger partial charge < -0.3 is 24.4 Å². The maximum Gasteiger partial charge on any atom is 0.264 e. The van der Waals surface area contributed by atoms with E-state index >= 15 is 0 Å². The minimum Gasteiger partial charge on any atom is -0.497 e. The summed E-state index contributed by atoms with van der Waals surface area (Å²) in [6.45, 7) is 1.20.